The van der Waals surface area contributed by atoms with Gasteiger partial charge in [0.15, 0.2) is 29.4 Å². The number of methoxy groups -OCH3 is 1. The number of halogens is 3. The van der Waals surface area contributed by atoms with Gasteiger partial charge >= 0.3 is 0 Å². The highest BCUT2D eigenvalue weighted by atomic mass is 19.2. The number of aliphatic hydroxyl groups is 3. The van der Waals surface area contributed by atoms with E-state index in [9.17, 15) is 33.3 Å². The quantitative estimate of drug-likeness (QED) is 0.346. The average Bonchev–Trinajstić information content (AvgIpc) is 3.58. The fraction of sp³-hybridized carbons (Fsp3) is 0.556. The van der Waals surface area contributed by atoms with Crippen molar-refractivity contribution < 1.29 is 42.8 Å². The summed E-state index contributed by atoms with van der Waals surface area (Å²) in [5, 5.41) is 44.5. The third-order valence-corrected chi connectivity index (χ3v) is 8.09. The molecule has 0 bridgehead atoms. The molecule has 1 aromatic carbocycles. The van der Waals surface area contributed by atoms with E-state index in [1.165, 1.54) is 18.2 Å². The first-order valence-electron chi connectivity index (χ1n) is 13.6. The summed E-state index contributed by atoms with van der Waals surface area (Å²) in [4.78, 5) is 15.7. The van der Waals surface area contributed by atoms with Gasteiger partial charge in [-0.1, -0.05) is 18.1 Å². The molecule has 2 aromatic heterocycles. The zero-order chi connectivity index (χ0) is 30.3. The Kier molecular flexibility index (Phi) is 8.66. The van der Waals surface area contributed by atoms with Gasteiger partial charge in [0.25, 0.3) is 5.91 Å². The fourth-order valence-electron chi connectivity index (χ4n) is 5.75. The van der Waals surface area contributed by atoms with Crippen molar-refractivity contribution in [1.29, 1.82) is 0 Å². The molecule has 7 atom stereocenters. The molecule has 1 saturated carbocycles. The van der Waals surface area contributed by atoms with Gasteiger partial charge in [-0.25, -0.2) is 17.9 Å². The van der Waals surface area contributed by atoms with Gasteiger partial charge in [0.05, 0.1) is 24.9 Å². The van der Waals surface area contributed by atoms with Crippen molar-refractivity contribution in [1.82, 2.24) is 24.8 Å². The highest BCUT2D eigenvalue weighted by Gasteiger charge is 2.52. The number of ether oxygens (including phenoxy) is 2. The smallest absolute Gasteiger partial charge is 0.260 e. The molecule has 1 aliphatic heterocycles. The number of carbonyl (C=O) groups excluding carboxylic acids is 1. The van der Waals surface area contributed by atoms with Crippen LogP contribution in [0.5, 0.6) is 0 Å². The Morgan fingerprint density at radius 2 is 1.86 bits per heavy atom. The number of nitrogens with zero attached hydrogens (tertiary/aromatic N) is 6. The largest absolute Gasteiger partial charge is 0.394 e. The number of hydrogen-bond donors (Lipinski definition) is 3. The van der Waals surface area contributed by atoms with Crippen LogP contribution in [-0.2, 0) is 21.3 Å². The van der Waals surface area contributed by atoms with Crippen molar-refractivity contribution in [3.05, 3.63) is 47.5 Å². The molecule has 0 spiro atoms. The van der Waals surface area contributed by atoms with Gasteiger partial charge in [-0.2, -0.15) is 5.10 Å². The van der Waals surface area contributed by atoms with Crippen molar-refractivity contribution in [2.45, 2.75) is 75.2 Å². The molecule has 1 saturated heterocycles. The first kappa shape index (κ1) is 30.1. The zero-order valence-corrected chi connectivity index (χ0v) is 23.3. The summed E-state index contributed by atoms with van der Waals surface area (Å²) in [7, 11) is 3.03. The maximum absolute atomic E-state index is 14.3. The second kappa shape index (κ2) is 12.1. The summed E-state index contributed by atoms with van der Waals surface area (Å²) in [5.74, 6) is -4.77. The fourth-order valence-corrected chi connectivity index (χ4v) is 5.75. The first-order chi connectivity index (χ1) is 20.0. The molecule has 1 aliphatic carbocycles. The minimum atomic E-state index is -1.63. The maximum Gasteiger partial charge on any atom is 0.260 e. The Morgan fingerprint density at radius 1 is 1.17 bits per heavy atom. The van der Waals surface area contributed by atoms with Crippen molar-refractivity contribution in [2.75, 3.05) is 18.6 Å². The van der Waals surface area contributed by atoms with E-state index < -0.39 is 72.6 Å². The Balaban J connectivity index is 1.53. The van der Waals surface area contributed by atoms with E-state index in [1.807, 2.05) is 6.92 Å². The van der Waals surface area contributed by atoms with E-state index in [0.29, 0.717) is 18.7 Å². The van der Waals surface area contributed by atoms with Crippen LogP contribution in [0.4, 0.5) is 19.0 Å². The van der Waals surface area contributed by atoms with Gasteiger partial charge < -0.3 is 24.8 Å². The van der Waals surface area contributed by atoms with Gasteiger partial charge in [-0.15, -0.1) is 5.10 Å². The lowest BCUT2D eigenvalue weighted by Gasteiger charge is -2.45. The minimum absolute atomic E-state index is 0.0410. The number of carbonyl (C=O) groups is 1. The number of amides is 1. The molecule has 0 radical (unpaired) electrons. The Labute approximate surface area is 239 Å². The normalized spacial score (nSPS) is 28.2. The third kappa shape index (κ3) is 5.42. The van der Waals surface area contributed by atoms with Crippen LogP contribution in [0.3, 0.4) is 0 Å². The monoisotopic (exact) mass is 594 g/mol. The number of aryl methyl sites for hydroxylation is 2. The Bertz CT molecular complexity index is 1390. The summed E-state index contributed by atoms with van der Waals surface area (Å²) in [6.45, 7) is 1.16. The summed E-state index contributed by atoms with van der Waals surface area (Å²) >= 11 is 0. The van der Waals surface area contributed by atoms with E-state index in [-0.39, 0.29) is 11.3 Å². The van der Waals surface area contributed by atoms with E-state index in [0.717, 1.165) is 35.4 Å². The zero-order valence-electron chi connectivity index (χ0n) is 23.3. The van der Waals surface area contributed by atoms with Crippen molar-refractivity contribution >= 4 is 11.7 Å². The first-order valence-corrected chi connectivity index (χ1v) is 13.6. The molecule has 3 heterocycles. The number of rotatable bonds is 7. The SMILES string of the molecule is CO[C@@H]1[C@@H](n2cc(-c3cc(F)c(F)c(F)c3)nn2)[C@@H](O)[C@@H](CO)O[C@H]1C(=O)N(c1cc(C)n(C)n1)[C@H]1CCCC[C@@H]1O. The maximum atomic E-state index is 14.3. The number of hydrogen-bond acceptors (Lipinski definition) is 9. The Hall–Kier alpha value is -3.37. The summed E-state index contributed by atoms with van der Waals surface area (Å²) < 4.78 is 55.7. The standard InChI is InChI=1S/C27H33F3N6O6/c1-13-8-21(32-34(13)2)36(18-6-4-5-7-19(18)38)27(40)26-25(41-3)23(24(39)20(12-37)42-26)35-11-17(31-33-35)14-9-15(28)22(30)16(29)10-14/h8-11,18-20,23-26,37-39H,4-7,12H2,1-3H3/t18-,19-,20+,23-,24-,25+,26+/m0/s1. The number of aliphatic hydroxyl groups excluding tert-OH is 3. The third-order valence-electron chi connectivity index (χ3n) is 8.09. The van der Waals surface area contributed by atoms with Crippen LogP contribution in [0.25, 0.3) is 11.3 Å². The Morgan fingerprint density at radius 3 is 2.45 bits per heavy atom. The lowest BCUT2D eigenvalue weighted by atomic mass is 9.88. The lowest BCUT2D eigenvalue weighted by molar-refractivity contribution is -0.211. The van der Waals surface area contributed by atoms with Crippen LogP contribution in [0.1, 0.15) is 37.4 Å². The van der Waals surface area contributed by atoms with Gasteiger partial charge in [0.2, 0.25) is 0 Å². The molecular weight excluding hydrogens is 561 g/mol. The van der Waals surface area contributed by atoms with Gasteiger partial charge in [0, 0.05) is 31.5 Å². The van der Waals surface area contributed by atoms with Crippen LogP contribution in [-0.4, -0.2) is 96.3 Å². The molecule has 1 amide bonds. The van der Waals surface area contributed by atoms with E-state index in [1.54, 1.807) is 17.8 Å². The second-order valence-electron chi connectivity index (χ2n) is 10.7. The van der Waals surface area contributed by atoms with Crippen LogP contribution < -0.4 is 4.90 Å². The lowest BCUT2D eigenvalue weighted by Crippen LogP contribution is -2.63. The van der Waals surface area contributed by atoms with Crippen molar-refractivity contribution in [3.8, 4) is 11.3 Å². The van der Waals surface area contributed by atoms with Gasteiger partial charge in [-0.05, 0) is 31.9 Å². The molecule has 3 N–H and O–H groups in total. The highest BCUT2D eigenvalue weighted by molar-refractivity contribution is 5.97. The van der Waals surface area contributed by atoms with E-state index in [2.05, 4.69) is 15.4 Å². The highest BCUT2D eigenvalue weighted by Crippen LogP contribution is 2.36. The molecule has 2 fully saturated rings. The minimum Gasteiger partial charge on any atom is -0.394 e. The molecule has 2 aliphatic rings. The molecular formula is C27H33F3N6O6. The number of anilines is 1. The summed E-state index contributed by atoms with van der Waals surface area (Å²) in [6.07, 6.45) is -2.27. The molecule has 228 valence electrons. The molecule has 12 nitrogen and oxygen atoms in total. The summed E-state index contributed by atoms with van der Waals surface area (Å²) in [5.41, 5.74) is 0.620. The van der Waals surface area contributed by atoms with Crippen LogP contribution in [0.2, 0.25) is 0 Å². The molecule has 42 heavy (non-hydrogen) atoms. The molecule has 15 heteroatoms. The van der Waals surface area contributed by atoms with E-state index >= 15 is 0 Å². The van der Waals surface area contributed by atoms with Gasteiger partial charge in [-0.3, -0.25) is 14.4 Å². The predicted octanol–water partition coefficient (Wildman–Crippen LogP) is 1.42. The van der Waals surface area contributed by atoms with Gasteiger partial charge in [0.1, 0.15) is 30.0 Å². The second-order valence-corrected chi connectivity index (χ2v) is 10.7. The summed E-state index contributed by atoms with van der Waals surface area (Å²) in [6, 6.07) is 1.46. The van der Waals surface area contributed by atoms with Crippen LogP contribution >= 0.6 is 0 Å². The van der Waals surface area contributed by atoms with Crippen LogP contribution in [0.15, 0.2) is 24.4 Å². The van der Waals surface area contributed by atoms with E-state index in [4.69, 9.17) is 9.47 Å². The number of benzene rings is 1. The average molecular weight is 595 g/mol. The topological polar surface area (TPSA) is 148 Å². The predicted molar refractivity (Wildman–Crippen MR) is 141 cm³/mol. The van der Waals surface area contributed by atoms with Crippen molar-refractivity contribution in [2.24, 2.45) is 7.05 Å². The molecule has 3 aromatic rings. The van der Waals surface area contributed by atoms with Crippen LogP contribution in [0, 0.1) is 24.4 Å². The molecule has 0 unspecified atom stereocenters. The number of aromatic nitrogens is 5. The molecule has 5 rings (SSSR count). The van der Waals surface area contributed by atoms with Crippen molar-refractivity contribution in [3.63, 3.8) is 0 Å².